The molecule has 1 aliphatic heterocycles. The van der Waals surface area contributed by atoms with Crippen LogP contribution in [0.2, 0.25) is 0 Å². The SMILES string of the molecule is COc1cccc(C(=O)/C=C2\C(=O)Nc3ccc(F)cc32)c1. The van der Waals surface area contributed by atoms with E-state index in [-0.39, 0.29) is 11.4 Å². The molecule has 5 heteroatoms. The predicted molar refractivity (Wildman–Crippen MR) is 80.3 cm³/mol. The van der Waals surface area contributed by atoms with E-state index in [1.165, 1.54) is 31.4 Å². The van der Waals surface area contributed by atoms with Crippen LogP contribution in [0.4, 0.5) is 10.1 Å². The summed E-state index contributed by atoms with van der Waals surface area (Å²) in [6.07, 6.45) is 1.22. The fourth-order valence-corrected chi connectivity index (χ4v) is 2.29. The number of ketones is 1. The van der Waals surface area contributed by atoms with Crippen molar-refractivity contribution in [3.8, 4) is 5.75 Å². The number of nitrogens with one attached hydrogen (secondary N) is 1. The summed E-state index contributed by atoms with van der Waals surface area (Å²) in [7, 11) is 1.51. The average molecular weight is 297 g/mol. The number of allylic oxidation sites excluding steroid dienone is 1. The number of amides is 1. The lowest BCUT2D eigenvalue weighted by Gasteiger charge is -2.02. The van der Waals surface area contributed by atoms with Crippen LogP contribution in [0.15, 0.2) is 48.5 Å². The van der Waals surface area contributed by atoms with E-state index in [4.69, 9.17) is 4.74 Å². The highest BCUT2D eigenvalue weighted by Crippen LogP contribution is 2.32. The molecular formula is C17H12FNO3. The number of rotatable bonds is 3. The van der Waals surface area contributed by atoms with Gasteiger partial charge in [0, 0.05) is 16.8 Å². The second kappa shape index (κ2) is 5.44. The third kappa shape index (κ3) is 2.48. The molecule has 1 heterocycles. The molecule has 1 aliphatic rings. The van der Waals surface area contributed by atoms with Gasteiger partial charge in [-0.3, -0.25) is 9.59 Å². The highest BCUT2D eigenvalue weighted by molar-refractivity contribution is 6.35. The lowest BCUT2D eigenvalue weighted by molar-refractivity contribution is -0.110. The molecule has 0 unspecified atom stereocenters. The summed E-state index contributed by atoms with van der Waals surface area (Å²) < 4.78 is 18.4. The molecule has 2 aromatic carbocycles. The number of methoxy groups -OCH3 is 1. The predicted octanol–water partition coefficient (Wildman–Crippen LogP) is 3.05. The van der Waals surface area contributed by atoms with Gasteiger partial charge < -0.3 is 10.1 Å². The van der Waals surface area contributed by atoms with Crippen molar-refractivity contribution in [3.63, 3.8) is 0 Å². The Morgan fingerprint density at radius 2 is 2.05 bits per heavy atom. The zero-order valence-corrected chi connectivity index (χ0v) is 11.7. The van der Waals surface area contributed by atoms with Crippen LogP contribution in [0.1, 0.15) is 15.9 Å². The van der Waals surface area contributed by atoms with Crippen LogP contribution < -0.4 is 10.1 Å². The molecule has 0 saturated carbocycles. The molecule has 0 fully saturated rings. The van der Waals surface area contributed by atoms with Crippen molar-refractivity contribution in [1.82, 2.24) is 0 Å². The van der Waals surface area contributed by atoms with Crippen LogP contribution in [-0.2, 0) is 4.79 Å². The van der Waals surface area contributed by atoms with Gasteiger partial charge in [-0.1, -0.05) is 12.1 Å². The number of benzene rings is 2. The van der Waals surface area contributed by atoms with Gasteiger partial charge in [-0.25, -0.2) is 4.39 Å². The van der Waals surface area contributed by atoms with Crippen LogP contribution in [-0.4, -0.2) is 18.8 Å². The largest absolute Gasteiger partial charge is 0.497 e. The number of ether oxygens (including phenoxy) is 1. The van der Waals surface area contributed by atoms with Gasteiger partial charge in [0.25, 0.3) is 5.91 Å². The van der Waals surface area contributed by atoms with Gasteiger partial charge in [0.1, 0.15) is 11.6 Å². The lowest BCUT2D eigenvalue weighted by Crippen LogP contribution is -2.06. The van der Waals surface area contributed by atoms with Crippen molar-refractivity contribution in [2.45, 2.75) is 0 Å². The lowest BCUT2D eigenvalue weighted by atomic mass is 10.0. The Hall–Kier alpha value is -2.95. The van der Waals surface area contributed by atoms with Gasteiger partial charge in [0.15, 0.2) is 5.78 Å². The number of carbonyl (C=O) groups is 2. The van der Waals surface area contributed by atoms with Gasteiger partial charge in [-0.2, -0.15) is 0 Å². The topological polar surface area (TPSA) is 55.4 Å². The first-order chi connectivity index (χ1) is 10.6. The molecule has 4 nitrogen and oxygen atoms in total. The minimum Gasteiger partial charge on any atom is -0.497 e. The van der Waals surface area contributed by atoms with Crippen LogP contribution in [0, 0.1) is 5.82 Å². The normalized spacial score (nSPS) is 14.6. The quantitative estimate of drug-likeness (QED) is 0.700. The number of halogens is 1. The minimum absolute atomic E-state index is 0.155. The number of carbonyl (C=O) groups excluding carboxylic acids is 2. The smallest absolute Gasteiger partial charge is 0.256 e. The van der Waals surface area contributed by atoms with Crippen LogP contribution >= 0.6 is 0 Å². The summed E-state index contributed by atoms with van der Waals surface area (Å²) in [6, 6.07) is 10.6. The average Bonchev–Trinajstić information content (AvgIpc) is 2.83. The minimum atomic E-state index is -0.463. The number of fused-ring (bicyclic) bond motifs is 1. The number of anilines is 1. The molecule has 0 radical (unpaired) electrons. The molecule has 22 heavy (non-hydrogen) atoms. The first-order valence-electron chi connectivity index (χ1n) is 6.60. The third-order valence-electron chi connectivity index (χ3n) is 3.39. The van der Waals surface area contributed by atoms with Crippen LogP contribution in [0.3, 0.4) is 0 Å². The molecule has 0 atom stereocenters. The summed E-state index contributed by atoms with van der Waals surface area (Å²) in [5, 5.41) is 2.60. The maximum atomic E-state index is 13.4. The third-order valence-corrected chi connectivity index (χ3v) is 3.39. The number of hydrogen-bond acceptors (Lipinski definition) is 3. The molecule has 0 aromatic heterocycles. The summed E-state index contributed by atoms with van der Waals surface area (Å²) in [5.74, 6) is -0.681. The Labute approximate surface area is 126 Å². The van der Waals surface area contributed by atoms with Gasteiger partial charge in [0.05, 0.1) is 12.7 Å². The van der Waals surface area contributed by atoms with E-state index in [0.717, 1.165) is 0 Å². The summed E-state index contributed by atoms with van der Waals surface area (Å²) in [5.41, 5.74) is 1.43. The van der Waals surface area contributed by atoms with Crippen molar-refractivity contribution < 1.29 is 18.7 Å². The molecule has 0 saturated heterocycles. The van der Waals surface area contributed by atoms with E-state index in [2.05, 4.69) is 5.32 Å². The molecule has 0 bridgehead atoms. The van der Waals surface area contributed by atoms with E-state index in [0.29, 0.717) is 22.6 Å². The van der Waals surface area contributed by atoms with Crippen LogP contribution in [0.25, 0.3) is 5.57 Å². The standard InChI is InChI=1S/C17H12FNO3/c1-22-12-4-2-3-10(7-12)16(20)9-14-13-8-11(18)5-6-15(13)19-17(14)21/h2-9H,1H3,(H,19,21)/b14-9-. The summed E-state index contributed by atoms with van der Waals surface area (Å²) >= 11 is 0. The molecular weight excluding hydrogens is 285 g/mol. The molecule has 3 rings (SSSR count). The molecule has 0 aliphatic carbocycles. The zero-order chi connectivity index (χ0) is 15.7. The molecule has 1 N–H and O–H groups in total. The Morgan fingerprint density at radius 1 is 1.23 bits per heavy atom. The second-order valence-electron chi connectivity index (χ2n) is 4.80. The van der Waals surface area contributed by atoms with Crippen LogP contribution in [0.5, 0.6) is 5.75 Å². The molecule has 2 aromatic rings. The number of hydrogen-bond donors (Lipinski definition) is 1. The van der Waals surface area contributed by atoms with Crippen molar-refractivity contribution in [3.05, 3.63) is 65.5 Å². The summed E-state index contributed by atoms with van der Waals surface area (Å²) in [4.78, 5) is 24.3. The van der Waals surface area contributed by atoms with E-state index in [1.54, 1.807) is 24.3 Å². The maximum absolute atomic E-state index is 13.4. The van der Waals surface area contributed by atoms with Crippen molar-refractivity contribution >= 4 is 23.0 Å². The maximum Gasteiger partial charge on any atom is 0.256 e. The van der Waals surface area contributed by atoms with E-state index in [1.807, 2.05) is 0 Å². The molecule has 110 valence electrons. The second-order valence-corrected chi connectivity index (χ2v) is 4.80. The van der Waals surface area contributed by atoms with Gasteiger partial charge in [-0.15, -0.1) is 0 Å². The van der Waals surface area contributed by atoms with Gasteiger partial charge in [-0.05, 0) is 36.4 Å². The van der Waals surface area contributed by atoms with E-state index < -0.39 is 11.7 Å². The Morgan fingerprint density at radius 3 is 2.82 bits per heavy atom. The highest BCUT2D eigenvalue weighted by Gasteiger charge is 2.25. The van der Waals surface area contributed by atoms with Gasteiger partial charge >= 0.3 is 0 Å². The monoisotopic (exact) mass is 297 g/mol. The summed E-state index contributed by atoms with van der Waals surface area (Å²) in [6.45, 7) is 0. The van der Waals surface area contributed by atoms with E-state index in [9.17, 15) is 14.0 Å². The fourth-order valence-electron chi connectivity index (χ4n) is 2.29. The zero-order valence-electron chi connectivity index (χ0n) is 11.7. The first-order valence-corrected chi connectivity index (χ1v) is 6.60. The highest BCUT2D eigenvalue weighted by atomic mass is 19.1. The molecule has 1 amide bonds. The van der Waals surface area contributed by atoms with Crippen molar-refractivity contribution in [1.29, 1.82) is 0 Å². The first kappa shape index (κ1) is 14.0. The van der Waals surface area contributed by atoms with Gasteiger partial charge in [0.2, 0.25) is 0 Å². The molecule has 0 spiro atoms. The van der Waals surface area contributed by atoms with E-state index >= 15 is 0 Å². The Balaban J connectivity index is 2.00. The van der Waals surface area contributed by atoms with Crippen molar-refractivity contribution in [2.75, 3.05) is 12.4 Å². The fraction of sp³-hybridized carbons (Fsp3) is 0.0588. The Bertz CT molecular complexity index is 811. The van der Waals surface area contributed by atoms with Crippen molar-refractivity contribution in [2.24, 2.45) is 0 Å². The Kier molecular flexibility index (Phi) is 3.47.